The van der Waals surface area contributed by atoms with Crippen molar-refractivity contribution in [2.75, 3.05) is 20.3 Å². The Morgan fingerprint density at radius 2 is 2.11 bits per heavy atom. The summed E-state index contributed by atoms with van der Waals surface area (Å²) in [5.41, 5.74) is 1.08. The molecule has 0 bridgehead atoms. The molecule has 0 radical (unpaired) electrons. The first-order chi connectivity index (χ1) is 8.78. The Morgan fingerprint density at radius 3 is 2.83 bits per heavy atom. The number of nitrogens with one attached hydrogen (secondary N) is 1. The minimum Gasteiger partial charge on any atom is -0.486 e. The Morgan fingerprint density at radius 1 is 1.39 bits per heavy atom. The summed E-state index contributed by atoms with van der Waals surface area (Å²) in [6.07, 6.45) is 0.603. The van der Waals surface area contributed by atoms with Crippen LogP contribution >= 0.6 is 11.9 Å². The molecule has 96 valence electrons. The Balaban J connectivity index is 1.89. The number of hydrogen-bond donors (Lipinski definition) is 1. The lowest BCUT2D eigenvalue weighted by Crippen LogP contribution is -2.38. The number of carbonyl (C=O) groups is 1. The number of ether oxygens (including phenoxy) is 3. The van der Waals surface area contributed by atoms with Crippen molar-refractivity contribution in [1.82, 2.24) is 4.72 Å². The number of rotatable bonds is 1. The van der Waals surface area contributed by atoms with Crippen LogP contribution in [0.15, 0.2) is 17.0 Å². The van der Waals surface area contributed by atoms with Crippen LogP contribution in [0.4, 0.5) is 0 Å². The van der Waals surface area contributed by atoms with Crippen molar-refractivity contribution >= 4 is 17.9 Å². The van der Waals surface area contributed by atoms with E-state index in [1.165, 1.54) is 19.1 Å². The van der Waals surface area contributed by atoms with E-state index in [4.69, 9.17) is 14.2 Å². The molecule has 0 saturated carbocycles. The second-order valence-electron chi connectivity index (χ2n) is 4.10. The summed E-state index contributed by atoms with van der Waals surface area (Å²) in [6, 6.07) is 3.60. The van der Waals surface area contributed by atoms with Crippen molar-refractivity contribution in [3.05, 3.63) is 17.7 Å². The summed E-state index contributed by atoms with van der Waals surface area (Å²) < 4.78 is 18.9. The minimum atomic E-state index is -0.310. The number of benzene rings is 1. The minimum absolute atomic E-state index is 0.247. The van der Waals surface area contributed by atoms with Gasteiger partial charge >= 0.3 is 5.97 Å². The lowest BCUT2D eigenvalue weighted by molar-refractivity contribution is -0.142. The highest BCUT2D eigenvalue weighted by Crippen LogP contribution is 2.38. The lowest BCUT2D eigenvalue weighted by atomic mass is 10.1. The van der Waals surface area contributed by atoms with Gasteiger partial charge < -0.3 is 14.2 Å². The van der Waals surface area contributed by atoms with E-state index in [1.54, 1.807) is 0 Å². The molecule has 2 aliphatic heterocycles. The molecule has 2 heterocycles. The predicted octanol–water partition coefficient (Wildman–Crippen LogP) is 1.15. The predicted molar refractivity (Wildman–Crippen MR) is 65.9 cm³/mol. The average molecular weight is 267 g/mol. The van der Waals surface area contributed by atoms with Crippen molar-refractivity contribution < 1.29 is 19.0 Å². The monoisotopic (exact) mass is 267 g/mol. The van der Waals surface area contributed by atoms with E-state index in [0.717, 1.165) is 22.0 Å². The summed E-state index contributed by atoms with van der Waals surface area (Å²) in [5.74, 6) is 1.28. The molecule has 0 aromatic heterocycles. The molecule has 1 unspecified atom stereocenters. The van der Waals surface area contributed by atoms with Crippen molar-refractivity contribution in [2.45, 2.75) is 17.4 Å². The first-order valence-corrected chi connectivity index (χ1v) is 6.52. The molecule has 0 spiro atoms. The van der Waals surface area contributed by atoms with E-state index in [9.17, 15) is 4.79 Å². The van der Waals surface area contributed by atoms with Crippen LogP contribution in [0.2, 0.25) is 0 Å². The van der Waals surface area contributed by atoms with E-state index in [0.29, 0.717) is 19.6 Å². The van der Waals surface area contributed by atoms with Gasteiger partial charge in [0.25, 0.3) is 0 Å². The Kier molecular flexibility index (Phi) is 3.05. The Labute approximate surface area is 109 Å². The van der Waals surface area contributed by atoms with Crippen molar-refractivity contribution in [1.29, 1.82) is 0 Å². The zero-order chi connectivity index (χ0) is 12.5. The summed E-state index contributed by atoms with van der Waals surface area (Å²) in [5, 5.41) is 0. The number of methoxy groups -OCH3 is 1. The number of carbonyl (C=O) groups excluding carboxylic acids is 1. The van der Waals surface area contributed by atoms with Crippen LogP contribution in [0.1, 0.15) is 5.56 Å². The normalized spacial score (nSPS) is 21.1. The zero-order valence-electron chi connectivity index (χ0n) is 9.89. The van der Waals surface area contributed by atoms with Gasteiger partial charge in [0, 0.05) is 11.3 Å². The molecule has 1 aromatic carbocycles. The van der Waals surface area contributed by atoms with Crippen LogP contribution in [0, 0.1) is 0 Å². The Bertz CT molecular complexity index is 491. The second kappa shape index (κ2) is 4.70. The maximum atomic E-state index is 11.5. The first kappa shape index (κ1) is 11.7. The van der Waals surface area contributed by atoms with Gasteiger partial charge in [-0.2, -0.15) is 0 Å². The van der Waals surface area contributed by atoms with Crippen LogP contribution in [-0.4, -0.2) is 32.3 Å². The molecule has 1 atom stereocenters. The third-order valence-corrected chi connectivity index (χ3v) is 3.95. The van der Waals surface area contributed by atoms with Gasteiger partial charge in [0.1, 0.15) is 19.3 Å². The molecule has 1 aromatic rings. The summed E-state index contributed by atoms with van der Waals surface area (Å²) in [7, 11) is 1.40. The van der Waals surface area contributed by atoms with Gasteiger partial charge in [0.05, 0.1) is 7.11 Å². The molecule has 0 fully saturated rings. The van der Waals surface area contributed by atoms with E-state index in [1.807, 2.05) is 12.1 Å². The molecule has 0 saturated heterocycles. The highest BCUT2D eigenvalue weighted by molar-refractivity contribution is 7.97. The van der Waals surface area contributed by atoms with Gasteiger partial charge in [-0.05, 0) is 29.6 Å². The lowest BCUT2D eigenvalue weighted by Gasteiger charge is -2.26. The third-order valence-electron chi connectivity index (χ3n) is 2.95. The average Bonchev–Trinajstić information content (AvgIpc) is 2.43. The van der Waals surface area contributed by atoms with Gasteiger partial charge in [-0.25, -0.2) is 4.72 Å². The fourth-order valence-corrected chi connectivity index (χ4v) is 2.92. The number of fused-ring (bicyclic) bond motifs is 2. The molecule has 1 N–H and O–H groups in total. The maximum Gasteiger partial charge on any atom is 0.324 e. The van der Waals surface area contributed by atoms with Crippen LogP contribution in [0.3, 0.4) is 0 Å². The quantitative estimate of drug-likeness (QED) is 0.608. The molecular weight excluding hydrogens is 254 g/mol. The molecule has 0 amide bonds. The third kappa shape index (κ3) is 2.02. The van der Waals surface area contributed by atoms with Crippen molar-refractivity contribution in [3.8, 4) is 11.5 Å². The largest absolute Gasteiger partial charge is 0.486 e. The standard InChI is InChI=1S/C12H13NO4S/c1-15-12(14)8-4-7-5-9-10(17-3-2-16-9)6-11(7)18-13-8/h5-6,8,13H,2-4H2,1H3. The highest BCUT2D eigenvalue weighted by atomic mass is 32.2. The topological polar surface area (TPSA) is 56.8 Å². The van der Waals surface area contributed by atoms with Gasteiger partial charge in [-0.1, -0.05) is 0 Å². The molecule has 5 nitrogen and oxygen atoms in total. The van der Waals surface area contributed by atoms with Crippen LogP contribution < -0.4 is 14.2 Å². The SMILES string of the molecule is COC(=O)C1Cc2cc3c(cc2SN1)OCCO3. The molecule has 3 rings (SSSR count). The second-order valence-corrected chi connectivity index (χ2v) is 4.98. The Hall–Kier alpha value is -1.40. The molecule has 0 aliphatic carbocycles. The zero-order valence-corrected chi connectivity index (χ0v) is 10.7. The van der Waals surface area contributed by atoms with Gasteiger partial charge in [-0.15, -0.1) is 0 Å². The fourth-order valence-electron chi connectivity index (χ4n) is 2.04. The number of esters is 1. The van der Waals surface area contributed by atoms with Crippen LogP contribution in [0.25, 0.3) is 0 Å². The van der Waals surface area contributed by atoms with E-state index < -0.39 is 0 Å². The van der Waals surface area contributed by atoms with Gasteiger partial charge in [0.15, 0.2) is 11.5 Å². The number of hydrogen-bond acceptors (Lipinski definition) is 6. The van der Waals surface area contributed by atoms with Crippen molar-refractivity contribution in [3.63, 3.8) is 0 Å². The summed E-state index contributed by atoms with van der Waals surface area (Å²) >= 11 is 1.43. The molecule has 18 heavy (non-hydrogen) atoms. The summed E-state index contributed by atoms with van der Waals surface area (Å²) in [6.45, 7) is 1.15. The van der Waals surface area contributed by atoms with Gasteiger partial charge in [-0.3, -0.25) is 4.79 Å². The van der Waals surface area contributed by atoms with Crippen LogP contribution in [-0.2, 0) is 16.0 Å². The fraction of sp³-hybridized carbons (Fsp3) is 0.417. The van der Waals surface area contributed by atoms with E-state index in [-0.39, 0.29) is 12.0 Å². The highest BCUT2D eigenvalue weighted by Gasteiger charge is 2.27. The van der Waals surface area contributed by atoms with E-state index in [2.05, 4.69) is 4.72 Å². The first-order valence-electron chi connectivity index (χ1n) is 5.70. The molecule has 2 aliphatic rings. The molecule has 6 heteroatoms. The molecular formula is C12H13NO4S. The smallest absolute Gasteiger partial charge is 0.324 e. The summed E-state index contributed by atoms with van der Waals surface area (Å²) in [4.78, 5) is 12.6. The van der Waals surface area contributed by atoms with E-state index >= 15 is 0 Å². The van der Waals surface area contributed by atoms with Gasteiger partial charge in [0.2, 0.25) is 0 Å². The van der Waals surface area contributed by atoms with Crippen LogP contribution in [0.5, 0.6) is 11.5 Å². The maximum absolute atomic E-state index is 11.5. The van der Waals surface area contributed by atoms with Crippen molar-refractivity contribution in [2.24, 2.45) is 0 Å².